The van der Waals surface area contributed by atoms with Crippen molar-refractivity contribution in [3.63, 3.8) is 0 Å². The van der Waals surface area contributed by atoms with Gasteiger partial charge in [-0.1, -0.05) is 6.42 Å². The standard InChI is InChI=1S/C12H22O2/c1-3-13-12(14-4-2)11-8-9-5-6-10(11)7-9/h9-12H,3-8H2,1-2H3. The summed E-state index contributed by atoms with van der Waals surface area (Å²) in [6.07, 6.45) is 5.72. The Morgan fingerprint density at radius 3 is 2.21 bits per heavy atom. The fourth-order valence-corrected chi connectivity index (χ4v) is 3.25. The molecule has 2 saturated carbocycles. The van der Waals surface area contributed by atoms with E-state index in [1.807, 2.05) is 0 Å². The molecule has 0 radical (unpaired) electrons. The molecule has 2 fully saturated rings. The van der Waals surface area contributed by atoms with E-state index in [-0.39, 0.29) is 6.29 Å². The molecule has 0 amide bonds. The van der Waals surface area contributed by atoms with Crippen LogP contribution in [0.4, 0.5) is 0 Å². The molecule has 2 nitrogen and oxygen atoms in total. The first kappa shape index (κ1) is 10.4. The lowest BCUT2D eigenvalue weighted by Crippen LogP contribution is -2.31. The highest BCUT2D eigenvalue weighted by Gasteiger charge is 2.43. The molecule has 82 valence electrons. The van der Waals surface area contributed by atoms with Gasteiger partial charge in [-0.2, -0.15) is 0 Å². The Bertz CT molecular complexity index is 175. The van der Waals surface area contributed by atoms with Gasteiger partial charge < -0.3 is 9.47 Å². The number of fused-ring (bicyclic) bond motifs is 2. The lowest BCUT2D eigenvalue weighted by molar-refractivity contribution is -0.176. The van der Waals surface area contributed by atoms with Crippen LogP contribution < -0.4 is 0 Å². The Morgan fingerprint density at radius 1 is 1.07 bits per heavy atom. The van der Waals surface area contributed by atoms with Crippen molar-refractivity contribution in [3.8, 4) is 0 Å². The molecule has 0 aliphatic heterocycles. The van der Waals surface area contributed by atoms with Crippen molar-refractivity contribution in [2.24, 2.45) is 17.8 Å². The van der Waals surface area contributed by atoms with Gasteiger partial charge in [0.1, 0.15) is 0 Å². The zero-order valence-corrected chi connectivity index (χ0v) is 9.37. The average Bonchev–Trinajstić information content (AvgIpc) is 2.78. The molecule has 0 aromatic rings. The Hall–Kier alpha value is -0.0800. The Balaban J connectivity index is 1.90. The van der Waals surface area contributed by atoms with Crippen molar-refractivity contribution >= 4 is 0 Å². The van der Waals surface area contributed by atoms with Gasteiger partial charge in [0, 0.05) is 19.1 Å². The number of hydrogen-bond donors (Lipinski definition) is 0. The molecule has 3 unspecified atom stereocenters. The molecule has 0 aromatic heterocycles. The Morgan fingerprint density at radius 2 is 1.79 bits per heavy atom. The minimum atomic E-state index is 0.0836. The molecule has 0 heterocycles. The summed E-state index contributed by atoms with van der Waals surface area (Å²) in [4.78, 5) is 0. The summed E-state index contributed by atoms with van der Waals surface area (Å²) >= 11 is 0. The van der Waals surface area contributed by atoms with Gasteiger partial charge in [0.25, 0.3) is 0 Å². The molecular formula is C12H22O2. The Labute approximate surface area is 87.0 Å². The average molecular weight is 198 g/mol. The SMILES string of the molecule is CCOC(OCC)C1CC2CCC1C2. The number of rotatable bonds is 5. The van der Waals surface area contributed by atoms with E-state index >= 15 is 0 Å². The van der Waals surface area contributed by atoms with E-state index in [1.54, 1.807) is 0 Å². The van der Waals surface area contributed by atoms with E-state index in [4.69, 9.17) is 9.47 Å². The van der Waals surface area contributed by atoms with E-state index in [9.17, 15) is 0 Å². The summed E-state index contributed by atoms with van der Waals surface area (Å²) in [6.45, 7) is 5.66. The van der Waals surface area contributed by atoms with Crippen LogP contribution in [0.2, 0.25) is 0 Å². The molecule has 2 aliphatic rings. The van der Waals surface area contributed by atoms with Gasteiger partial charge in [0.2, 0.25) is 0 Å². The van der Waals surface area contributed by atoms with E-state index in [2.05, 4.69) is 13.8 Å². The summed E-state index contributed by atoms with van der Waals surface area (Å²) in [7, 11) is 0. The topological polar surface area (TPSA) is 18.5 Å². The summed E-state index contributed by atoms with van der Waals surface area (Å²) in [5.74, 6) is 2.56. The predicted molar refractivity (Wildman–Crippen MR) is 56.0 cm³/mol. The van der Waals surface area contributed by atoms with Crippen molar-refractivity contribution < 1.29 is 9.47 Å². The maximum absolute atomic E-state index is 5.70. The van der Waals surface area contributed by atoms with Crippen molar-refractivity contribution in [1.29, 1.82) is 0 Å². The second kappa shape index (κ2) is 4.63. The highest BCUT2D eigenvalue weighted by molar-refractivity contribution is 4.91. The van der Waals surface area contributed by atoms with Gasteiger partial charge in [-0.25, -0.2) is 0 Å². The normalized spacial score (nSPS) is 35.8. The number of hydrogen-bond acceptors (Lipinski definition) is 2. The lowest BCUT2D eigenvalue weighted by Gasteiger charge is -2.29. The summed E-state index contributed by atoms with van der Waals surface area (Å²) in [6, 6.07) is 0. The van der Waals surface area contributed by atoms with Crippen molar-refractivity contribution in [3.05, 3.63) is 0 Å². The molecule has 14 heavy (non-hydrogen) atoms. The molecular weight excluding hydrogens is 176 g/mol. The maximum Gasteiger partial charge on any atom is 0.160 e. The van der Waals surface area contributed by atoms with Gasteiger partial charge in [0.05, 0.1) is 0 Å². The largest absolute Gasteiger partial charge is 0.353 e. The second-order valence-electron chi connectivity index (χ2n) is 4.62. The van der Waals surface area contributed by atoms with Crippen molar-refractivity contribution in [2.75, 3.05) is 13.2 Å². The molecule has 0 aromatic carbocycles. The van der Waals surface area contributed by atoms with Crippen LogP contribution in [0, 0.1) is 17.8 Å². The first-order chi connectivity index (χ1) is 6.85. The molecule has 0 spiro atoms. The third-order valence-electron chi connectivity index (χ3n) is 3.80. The van der Waals surface area contributed by atoms with E-state index in [0.29, 0.717) is 5.92 Å². The van der Waals surface area contributed by atoms with Gasteiger partial charge in [-0.3, -0.25) is 0 Å². The van der Waals surface area contributed by atoms with Crippen molar-refractivity contribution in [2.45, 2.75) is 45.8 Å². The fourth-order valence-electron chi connectivity index (χ4n) is 3.25. The molecule has 3 atom stereocenters. The van der Waals surface area contributed by atoms with Gasteiger partial charge in [-0.05, 0) is 44.9 Å². The fraction of sp³-hybridized carbons (Fsp3) is 1.00. The highest BCUT2D eigenvalue weighted by atomic mass is 16.7. The van der Waals surface area contributed by atoms with E-state index < -0.39 is 0 Å². The van der Waals surface area contributed by atoms with Crippen molar-refractivity contribution in [1.82, 2.24) is 0 Å². The third-order valence-corrected chi connectivity index (χ3v) is 3.80. The first-order valence-corrected chi connectivity index (χ1v) is 6.08. The van der Waals surface area contributed by atoms with Crippen LogP contribution in [0.25, 0.3) is 0 Å². The zero-order valence-electron chi connectivity index (χ0n) is 9.37. The van der Waals surface area contributed by atoms with Gasteiger partial charge in [0.15, 0.2) is 6.29 Å². The minimum absolute atomic E-state index is 0.0836. The van der Waals surface area contributed by atoms with Crippen LogP contribution in [0.15, 0.2) is 0 Å². The molecule has 0 saturated heterocycles. The quantitative estimate of drug-likeness (QED) is 0.632. The van der Waals surface area contributed by atoms with E-state index in [1.165, 1.54) is 25.7 Å². The monoisotopic (exact) mass is 198 g/mol. The predicted octanol–water partition coefficient (Wildman–Crippen LogP) is 2.82. The van der Waals surface area contributed by atoms with Gasteiger partial charge in [-0.15, -0.1) is 0 Å². The van der Waals surface area contributed by atoms with Crippen LogP contribution in [0.5, 0.6) is 0 Å². The molecule has 0 N–H and O–H groups in total. The maximum atomic E-state index is 5.70. The van der Waals surface area contributed by atoms with Crippen LogP contribution in [0.3, 0.4) is 0 Å². The molecule has 2 rings (SSSR count). The van der Waals surface area contributed by atoms with Crippen LogP contribution in [-0.4, -0.2) is 19.5 Å². The smallest absolute Gasteiger partial charge is 0.160 e. The molecule has 2 heteroatoms. The summed E-state index contributed by atoms with van der Waals surface area (Å²) < 4.78 is 11.4. The molecule has 2 bridgehead atoms. The molecule has 2 aliphatic carbocycles. The van der Waals surface area contributed by atoms with E-state index in [0.717, 1.165) is 25.0 Å². The Kier molecular flexibility index (Phi) is 3.45. The summed E-state index contributed by atoms with van der Waals surface area (Å²) in [5, 5.41) is 0. The van der Waals surface area contributed by atoms with Crippen LogP contribution in [0.1, 0.15) is 39.5 Å². The van der Waals surface area contributed by atoms with Crippen LogP contribution >= 0.6 is 0 Å². The zero-order chi connectivity index (χ0) is 9.97. The highest BCUT2D eigenvalue weighted by Crippen LogP contribution is 2.50. The van der Waals surface area contributed by atoms with Crippen LogP contribution in [-0.2, 0) is 9.47 Å². The lowest BCUT2D eigenvalue weighted by atomic mass is 9.88. The first-order valence-electron chi connectivity index (χ1n) is 6.08. The van der Waals surface area contributed by atoms with Gasteiger partial charge >= 0.3 is 0 Å². The number of ether oxygens (including phenoxy) is 2. The third kappa shape index (κ3) is 1.96. The minimum Gasteiger partial charge on any atom is -0.353 e. The summed E-state index contributed by atoms with van der Waals surface area (Å²) in [5.41, 5.74) is 0. The second-order valence-corrected chi connectivity index (χ2v) is 4.62.